The Labute approximate surface area is 97.7 Å². The fourth-order valence-corrected chi connectivity index (χ4v) is 3.31. The lowest BCUT2D eigenvalue weighted by molar-refractivity contribution is -0.206. The van der Waals surface area contributed by atoms with Gasteiger partial charge in [0.05, 0.1) is 11.5 Å². The van der Waals surface area contributed by atoms with Crippen molar-refractivity contribution in [2.45, 2.75) is 43.2 Å². The van der Waals surface area contributed by atoms with Crippen molar-refractivity contribution in [1.82, 2.24) is 5.32 Å². The summed E-state index contributed by atoms with van der Waals surface area (Å²) < 4.78 is 5.14. The summed E-state index contributed by atoms with van der Waals surface area (Å²) in [6.45, 7) is 0. The zero-order valence-corrected chi connectivity index (χ0v) is 9.17. The van der Waals surface area contributed by atoms with E-state index in [1.165, 1.54) is 0 Å². The third kappa shape index (κ3) is 1.29. The smallest absolute Gasteiger partial charge is 0.337 e. The first-order valence-electron chi connectivity index (χ1n) is 5.73. The number of aliphatic imine (C=N–C) groups is 1. The van der Waals surface area contributed by atoms with Crippen LogP contribution in [0.1, 0.15) is 19.3 Å². The van der Waals surface area contributed by atoms with E-state index in [2.05, 4.69) is 10.3 Å². The maximum Gasteiger partial charge on any atom is 0.337 e. The van der Waals surface area contributed by atoms with E-state index >= 15 is 0 Å². The zero-order valence-electron chi connectivity index (χ0n) is 9.17. The molecule has 7 heteroatoms. The molecule has 0 radical (unpaired) electrons. The molecule has 2 heterocycles. The molecule has 2 fully saturated rings. The number of nitrogens with two attached hydrogens (primary N) is 1. The predicted octanol–water partition coefficient (Wildman–Crippen LogP) is -1.95. The number of aliphatic hydroxyl groups is 2. The van der Waals surface area contributed by atoms with Crippen LogP contribution in [0.25, 0.3) is 0 Å². The Morgan fingerprint density at radius 3 is 3.06 bits per heavy atom. The Hall–Kier alpha value is -1.34. The number of aliphatic hydroxyl groups excluding tert-OH is 2. The van der Waals surface area contributed by atoms with Crippen LogP contribution in [0.5, 0.6) is 0 Å². The van der Waals surface area contributed by atoms with Gasteiger partial charge < -0.3 is 26.0 Å². The Bertz CT molecular complexity index is 399. The Balaban J connectivity index is 2.08. The normalized spacial score (nSPS) is 48.6. The third-order valence-corrected chi connectivity index (χ3v) is 4.01. The molecule has 3 rings (SSSR count). The number of carbonyl (C=O) groups is 1. The lowest BCUT2D eigenvalue weighted by Gasteiger charge is -2.55. The van der Waals surface area contributed by atoms with Gasteiger partial charge in [0, 0.05) is 0 Å². The topological polar surface area (TPSA) is 117 Å². The van der Waals surface area contributed by atoms with Crippen LogP contribution in [0.2, 0.25) is 0 Å². The van der Waals surface area contributed by atoms with Gasteiger partial charge in [0.2, 0.25) is 0 Å². The number of ether oxygens (including phenoxy) is 1. The van der Waals surface area contributed by atoms with Crippen LogP contribution in [0.3, 0.4) is 0 Å². The molecule has 94 valence electrons. The average molecular weight is 241 g/mol. The second-order valence-corrected chi connectivity index (χ2v) is 4.89. The zero-order chi connectivity index (χ0) is 12.2. The van der Waals surface area contributed by atoms with Crippen LogP contribution in [0.15, 0.2) is 4.99 Å². The summed E-state index contributed by atoms with van der Waals surface area (Å²) in [7, 11) is 0. The molecule has 1 aliphatic carbocycles. The standard InChI is InChI=1S/C10H15N3O4/c11-9-12-7(15)5-4-2-1-3-10(5,13-9)6(14)8(16)17-4/h4-7,14-15H,1-3H2,(H3,11,12,13). The molecule has 1 saturated carbocycles. The third-order valence-electron chi connectivity index (χ3n) is 4.01. The number of hydrogen-bond acceptors (Lipinski definition) is 7. The van der Waals surface area contributed by atoms with Gasteiger partial charge in [-0.25, -0.2) is 9.79 Å². The number of nitrogens with one attached hydrogen (secondary N) is 1. The van der Waals surface area contributed by atoms with Crippen molar-refractivity contribution >= 4 is 11.9 Å². The first kappa shape index (κ1) is 10.8. The van der Waals surface area contributed by atoms with Crippen molar-refractivity contribution in [2.24, 2.45) is 16.6 Å². The molecule has 5 N–H and O–H groups in total. The van der Waals surface area contributed by atoms with Crippen LogP contribution in [0, 0.1) is 5.92 Å². The van der Waals surface area contributed by atoms with Crippen LogP contribution < -0.4 is 11.1 Å². The fraction of sp³-hybridized carbons (Fsp3) is 0.800. The van der Waals surface area contributed by atoms with Gasteiger partial charge in [0.15, 0.2) is 18.3 Å². The lowest BCUT2D eigenvalue weighted by atomic mass is 9.65. The quantitative estimate of drug-likeness (QED) is 0.366. The number of carbonyl (C=O) groups excluding carboxylic acids is 1. The predicted molar refractivity (Wildman–Crippen MR) is 56.7 cm³/mol. The van der Waals surface area contributed by atoms with E-state index in [4.69, 9.17) is 10.5 Å². The highest BCUT2D eigenvalue weighted by molar-refractivity contribution is 5.84. The van der Waals surface area contributed by atoms with Crippen molar-refractivity contribution < 1.29 is 19.7 Å². The van der Waals surface area contributed by atoms with Gasteiger partial charge in [0.25, 0.3) is 0 Å². The van der Waals surface area contributed by atoms with Gasteiger partial charge >= 0.3 is 5.97 Å². The summed E-state index contributed by atoms with van der Waals surface area (Å²) in [5.41, 5.74) is 4.66. The summed E-state index contributed by atoms with van der Waals surface area (Å²) in [4.78, 5) is 15.4. The summed E-state index contributed by atoms with van der Waals surface area (Å²) >= 11 is 0. The largest absolute Gasteiger partial charge is 0.460 e. The van der Waals surface area contributed by atoms with Gasteiger partial charge in [0.1, 0.15) is 6.10 Å². The van der Waals surface area contributed by atoms with Crippen LogP contribution in [-0.4, -0.2) is 46.1 Å². The van der Waals surface area contributed by atoms with Crippen molar-refractivity contribution in [3.8, 4) is 0 Å². The lowest BCUT2D eigenvalue weighted by Crippen LogP contribution is -2.76. The minimum atomic E-state index is -1.31. The van der Waals surface area contributed by atoms with Crippen molar-refractivity contribution in [2.75, 3.05) is 0 Å². The van der Waals surface area contributed by atoms with E-state index in [1.807, 2.05) is 0 Å². The molecule has 5 unspecified atom stereocenters. The number of rotatable bonds is 0. The second-order valence-electron chi connectivity index (χ2n) is 4.89. The molecule has 1 saturated heterocycles. The maximum atomic E-state index is 11.6. The molecule has 2 bridgehead atoms. The molecule has 7 nitrogen and oxygen atoms in total. The van der Waals surface area contributed by atoms with Gasteiger partial charge in [-0.2, -0.15) is 0 Å². The molecule has 5 atom stereocenters. The second kappa shape index (κ2) is 3.33. The molecule has 3 aliphatic rings. The minimum absolute atomic E-state index is 0.0585. The van der Waals surface area contributed by atoms with Gasteiger partial charge in [-0.05, 0) is 19.3 Å². The number of guanidine groups is 1. The molecule has 17 heavy (non-hydrogen) atoms. The van der Waals surface area contributed by atoms with E-state index in [0.29, 0.717) is 12.8 Å². The van der Waals surface area contributed by atoms with Crippen LogP contribution in [0.4, 0.5) is 0 Å². The van der Waals surface area contributed by atoms with E-state index in [0.717, 1.165) is 6.42 Å². The van der Waals surface area contributed by atoms with Crippen molar-refractivity contribution in [3.63, 3.8) is 0 Å². The number of nitrogens with zero attached hydrogens (tertiary/aromatic N) is 1. The van der Waals surface area contributed by atoms with Crippen LogP contribution >= 0.6 is 0 Å². The highest BCUT2D eigenvalue weighted by Gasteiger charge is 2.62. The summed E-state index contributed by atoms with van der Waals surface area (Å²) in [6, 6.07) is 0. The number of hydrogen-bond donors (Lipinski definition) is 4. The van der Waals surface area contributed by atoms with Crippen LogP contribution in [-0.2, 0) is 9.53 Å². The minimum Gasteiger partial charge on any atom is -0.460 e. The van der Waals surface area contributed by atoms with E-state index in [-0.39, 0.29) is 5.96 Å². The SMILES string of the molecule is NC1=NC(O)C2C3CCCC2(N1)C(O)C(=O)O3. The maximum absolute atomic E-state index is 11.6. The highest BCUT2D eigenvalue weighted by atomic mass is 16.6. The first-order chi connectivity index (χ1) is 8.04. The molecule has 0 spiro atoms. The van der Waals surface area contributed by atoms with Crippen molar-refractivity contribution in [3.05, 3.63) is 0 Å². The van der Waals surface area contributed by atoms with Gasteiger partial charge in [-0.15, -0.1) is 0 Å². The van der Waals surface area contributed by atoms with Gasteiger partial charge in [-0.1, -0.05) is 0 Å². The highest BCUT2D eigenvalue weighted by Crippen LogP contribution is 2.45. The molecule has 0 amide bonds. The van der Waals surface area contributed by atoms with Crippen molar-refractivity contribution in [1.29, 1.82) is 0 Å². The Morgan fingerprint density at radius 2 is 2.29 bits per heavy atom. The van der Waals surface area contributed by atoms with E-state index < -0.39 is 35.9 Å². The molecule has 0 aromatic rings. The average Bonchev–Trinajstić information content (AvgIpc) is 2.25. The summed E-state index contributed by atoms with van der Waals surface area (Å²) in [6.07, 6.45) is -0.703. The Kier molecular flexibility index (Phi) is 2.11. The summed E-state index contributed by atoms with van der Waals surface area (Å²) in [5.74, 6) is -1.03. The first-order valence-corrected chi connectivity index (χ1v) is 5.73. The molecular weight excluding hydrogens is 226 g/mol. The fourth-order valence-electron chi connectivity index (χ4n) is 3.31. The van der Waals surface area contributed by atoms with E-state index in [9.17, 15) is 15.0 Å². The monoisotopic (exact) mass is 241 g/mol. The summed E-state index contributed by atoms with van der Waals surface area (Å²) in [5, 5.41) is 22.9. The molecule has 0 aromatic heterocycles. The molecule has 2 aliphatic heterocycles. The number of esters is 1. The molecule has 0 aromatic carbocycles. The van der Waals surface area contributed by atoms with E-state index in [1.54, 1.807) is 0 Å². The van der Waals surface area contributed by atoms with Gasteiger partial charge in [-0.3, -0.25) is 0 Å². The molecular formula is C10H15N3O4. The Morgan fingerprint density at radius 1 is 1.53 bits per heavy atom.